The van der Waals surface area contributed by atoms with E-state index >= 15 is 0 Å². The summed E-state index contributed by atoms with van der Waals surface area (Å²) < 4.78 is 19.9. The van der Waals surface area contributed by atoms with Gasteiger partial charge < -0.3 is 10.5 Å². The number of halogens is 1. The van der Waals surface area contributed by atoms with Gasteiger partial charge in [-0.2, -0.15) is 0 Å². The molecule has 1 heterocycles. The number of fused-ring (bicyclic) bond motifs is 1. The van der Waals surface area contributed by atoms with Crippen LogP contribution in [0.2, 0.25) is 0 Å². The number of methoxy groups -OCH3 is 1. The molecule has 0 amide bonds. The molecule has 3 aromatic rings. The van der Waals surface area contributed by atoms with Crippen LogP contribution in [0.15, 0.2) is 47.5 Å². The quantitative estimate of drug-likeness (QED) is 0.748. The van der Waals surface area contributed by atoms with Crippen LogP contribution >= 0.6 is 0 Å². The van der Waals surface area contributed by atoms with Crippen molar-refractivity contribution in [2.24, 2.45) is 0 Å². The molecule has 124 valence electrons. The third-order valence-corrected chi connectivity index (χ3v) is 4.00. The Balaban J connectivity index is 2.32. The van der Waals surface area contributed by atoms with Gasteiger partial charge in [-0.3, -0.25) is 9.36 Å². The summed E-state index contributed by atoms with van der Waals surface area (Å²) in [6.07, 6.45) is 1.51. The third-order valence-electron chi connectivity index (χ3n) is 4.00. The van der Waals surface area contributed by atoms with Crippen molar-refractivity contribution in [3.8, 4) is 11.1 Å². The molecule has 0 bridgehead atoms. The number of ether oxygens (including phenoxy) is 1. The molecule has 0 spiro atoms. The smallest absolute Gasteiger partial charge is 0.262 e. The molecule has 0 saturated carbocycles. The molecule has 1 atom stereocenters. The predicted molar refractivity (Wildman–Crippen MR) is 92.4 cm³/mol. The fraction of sp³-hybridized carbons (Fsp3) is 0.222. The van der Waals surface area contributed by atoms with Crippen LogP contribution in [-0.4, -0.2) is 23.3 Å². The molecule has 24 heavy (non-hydrogen) atoms. The number of aromatic nitrogens is 2. The number of rotatable bonds is 4. The molecule has 0 fully saturated rings. The minimum atomic E-state index is -0.346. The Kier molecular flexibility index (Phi) is 4.31. The first-order valence-electron chi connectivity index (χ1n) is 7.57. The molecule has 0 saturated heterocycles. The van der Waals surface area contributed by atoms with Crippen LogP contribution in [0.3, 0.4) is 0 Å². The maximum Gasteiger partial charge on any atom is 0.262 e. The summed E-state index contributed by atoms with van der Waals surface area (Å²) in [6, 6.07) is 9.15. The Hall–Kier alpha value is -2.73. The normalized spacial score (nSPS) is 12.5. The van der Waals surface area contributed by atoms with E-state index in [2.05, 4.69) is 4.98 Å². The first kappa shape index (κ1) is 16.1. The molecule has 0 radical (unpaired) electrons. The van der Waals surface area contributed by atoms with Crippen LogP contribution in [0.25, 0.3) is 22.0 Å². The van der Waals surface area contributed by atoms with Gasteiger partial charge in [0.25, 0.3) is 5.56 Å². The Bertz CT molecular complexity index is 935. The fourth-order valence-corrected chi connectivity index (χ4v) is 2.80. The maximum absolute atomic E-state index is 13.2. The van der Waals surface area contributed by atoms with Gasteiger partial charge >= 0.3 is 0 Å². The molecular formula is C18H18FN3O2. The monoisotopic (exact) mass is 327 g/mol. The van der Waals surface area contributed by atoms with E-state index in [-0.39, 0.29) is 17.4 Å². The molecular weight excluding hydrogens is 309 g/mol. The molecule has 0 aliphatic carbocycles. The zero-order chi connectivity index (χ0) is 17.3. The third kappa shape index (κ3) is 2.76. The molecule has 2 aromatic carbocycles. The van der Waals surface area contributed by atoms with E-state index in [1.54, 1.807) is 31.4 Å². The van der Waals surface area contributed by atoms with Gasteiger partial charge in [-0.25, -0.2) is 9.37 Å². The number of nitrogen functional groups attached to an aromatic ring is 1. The molecule has 0 aliphatic rings. The SMILES string of the molecule is COCC(C)n1cnc2ccc(N)c(-c3ccc(F)cc3)c2c1=O. The van der Waals surface area contributed by atoms with Crippen molar-refractivity contribution in [1.29, 1.82) is 0 Å². The van der Waals surface area contributed by atoms with E-state index < -0.39 is 0 Å². The predicted octanol–water partition coefficient (Wildman–Crippen LogP) is 2.99. The fourth-order valence-electron chi connectivity index (χ4n) is 2.80. The average molecular weight is 327 g/mol. The highest BCUT2D eigenvalue weighted by molar-refractivity contribution is 6.00. The van der Waals surface area contributed by atoms with E-state index in [0.29, 0.717) is 34.3 Å². The van der Waals surface area contributed by atoms with Crippen LogP contribution in [-0.2, 0) is 4.74 Å². The lowest BCUT2D eigenvalue weighted by Gasteiger charge is -2.16. The molecule has 1 unspecified atom stereocenters. The maximum atomic E-state index is 13.2. The van der Waals surface area contributed by atoms with Crippen molar-refractivity contribution in [3.63, 3.8) is 0 Å². The number of anilines is 1. The van der Waals surface area contributed by atoms with Crippen LogP contribution in [0, 0.1) is 5.82 Å². The van der Waals surface area contributed by atoms with Gasteiger partial charge in [0, 0.05) is 18.4 Å². The van der Waals surface area contributed by atoms with E-state index in [4.69, 9.17) is 10.5 Å². The van der Waals surface area contributed by atoms with Gasteiger partial charge in [0.1, 0.15) is 5.82 Å². The lowest BCUT2D eigenvalue weighted by atomic mass is 9.99. The van der Waals surface area contributed by atoms with Gasteiger partial charge in [0.2, 0.25) is 0 Å². The van der Waals surface area contributed by atoms with Gasteiger partial charge in [-0.15, -0.1) is 0 Å². The number of hydrogen-bond donors (Lipinski definition) is 1. The first-order valence-corrected chi connectivity index (χ1v) is 7.57. The molecule has 2 N–H and O–H groups in total. The number of benzene rings is 2. The van der Waals surface area contributed by atoms with E-state index in [0.717, 1.165) is 0 Å². The summed E-state index contributed by atoms with van der Waals surface area (Å²) in [7, 11) is 1.58. The zero-order valence-corrected chi connectivity index (χ0v) is 13.5. The van der Waals surface area contributed by atoms with Crippen molar-refractivity contribution in [2.75, 3.05) is 19.5 Å². The van der Waals surface area contributed by atoms with Crippen molar-refractivity contribution >= 4 is 16.6 Å². The van der Waals surface area contributed by atoms with Gasteiger partial charge in [0.15, 0.2) is 0 Å². The van der Waals surface area contributed by atoms with Crippen molar-refractivity contribution in [1.82, 2.24) is 9.55 Å². The highest BCUT2D eigenvalue weighted by Crippen LogP contribution is 2.31. The molecule has 0 aliphatic heterocycles. The summed E-state index contributed by atoms with van der Waals surface area (Å²) in [5.74, 6) is -0.346. The van der Waals surface area contributed by atoms with Gasteiger partial charge in [-0.05, 0) is 36.8 Å². The molecule has 1 aromatic heterocycles. The summed E-state index contributed by atoms with van der Waals surface area (Å²) in [5.41, 5.74) is 8.17. The Morgan fingerprint density at radius 2 is 1.96 bits per heavy atom. The van der Waals surface area contributed by atoms with Gasteiger partial charge in [-0.1, -0.05) is 12.1 Å². The molecule has 5 nitrogen and oxygen atoms in total. The second-order valence-corrected chi connectivity index (χ2v) is 5.69. The molecule has 6 heteroatoms. The summed E-state index contributed by atoms with van der Waals surface area (Å²) in [4.78, 5) is 17.4. The second-order valence-electron chi connectivity index (χ2n) is 5.69. The Morgan fingerprint density at radius 3 is 2.62 bits per heavy atom. The molecule has 3 rings (SSSR count). The van der Waals surface area contributed by atoms with E-state index in [9.17, 15) is 9.18 Å². The van der Waals surface area contributed by atoms with E-state index in [1.165, 1.54) is 23.0 Å². The van der Waals surface area contributed by atoms with Crippen LogP contribution in [0.4, 0.5) is 10.1 Å². The number of nitrogens with two attached hydrogens (primary N) is 1. The highest BCUT2D eigenvalue weighted by Gasteiger charge is 2.16. The van der Waals surface area contributed by atoms with Crippen molar-refractivity contribution < 1.29 is 9.13 Å². The Morgan fingerprint density at radius 1 is 1.25 bits per heavy atom. The largest absolute Gasteiger partial charge is 0.398 e. The second kappa shape index (κ2) is 6.41. The van der Waals surface area contributed by atoms with Crippen LogP contribution in [0.5, 0.6) is 0 Å². The summed E-state index contributed by atoms with van der Waals surface area (Å²) in [5, 5.41) is 0.423. The lowest BCUT2D eigenvalue weighted by molar-refractivity contribution is 0.160. The lowest BCUT2D eigenvalue weighted by Crippen LogP contribution is -2.26. The van der Waals surface area contributed by atoms with Crippen LogP contribution < -0.4 is 11.3 Å². The van der Waals surface area contributed by atoms with Gasteiger partial charge in [0.05, 0.1) is 29.9 Å². The van der Waals surface area contributed by atoms with Crippen molar-refractivity contribution in [2.45, 2.75) is 13.0 Å². The minimum absolute atomic E-state index is 0.165. The number of hydrogen-bond acceptors (Lipinski definition) is 4. The topological polar surface area (TPSA) is 70.1 Å². The first-order chi connectivity index (χ1) is 11.5. The Labute approximate surface area is 138 Å². The van der Waals surface area contributed by atoms with Crippen LogP contribution in [0.1, 0.15) is 13.0 Å². The summed E-state index contributed by atoms with van der Waals surface area (Å²) >= 11 is 0. The summed E-state index contributed by atoms with van der Waals surface area (Å²) in [6.45, 7) is 2.27. The van der Waals surface area contributed by atoms with E-state index in [1.807, 2.05) is 6.92 Å². The standard InChI is InChI=1S/C18H18FN3O2/c1-11(9-24-2)22-10-21-15-8-7-14(20)16(17(15)18(22)23)12-3-5-13(19)6-4-12/h3-8,10-11H,9,20H2,1-2H3. The van der Waals surface area contributed by atoms with Crippen molar-refractivity contribution in [3.05, 3.63) is 58.9 Å². The highest BCUT2D eigenvalue weighted by atomic mass is 19.1. The number of nitrogens with zero attached hydrogens (tertiary/aromatic N) is 2. The minimum Gasteiger partial charge on any atom is -0.398 e. The average Bonchev–Trinajstić information content (AvgIpc) is 2.57. The zero-order valence-electron chi connectivity index (χ0n) is 13.5.